The Bertz CT molecular complexity index is 1320. The van der Waals surface area contributed by atoms with Gasteiger partial charge in [0.1, 0.15) is 18.0 Å². The fraction of sp³-hybridized carbons (Fsp3) is 0.714. The van der Waals surface area contributed by atoms with E-state index in [4.69, 9.17) is 0 Å². The van der Waals surface area contributed by atoms with Gasteiger partial charge in [0.2, 0.25) is 17.7 Å². The molecule has 0 bridgehead atoms. The van der Waals surface area contributed by atoms with Gasteiger partial charge < -0.3 is 19.7 Å². The number of amides is 6. The number of nitrogens with one attached hydrogen (secondary N) is 1. The molecular formula is C28H37F3N5O8+. The summed E-state index contributed by atoms with van der Waals surface area (Å²) in [6.45, 7) is 8.55. The summed E-state index contributed by atoms with van der Waals surface area (Å²) in [4.78, 5) is 78.5. The number of halogens is 3. The van der Waals surface area contributed by atoms with E-state index in [2.05, 4.69) is 14.8 Å². The number of rotatable bonds is 6. The van der Waals surface area contributed by atoms with Crippen molar-refractivity contribution in [3.05, 3.63) is 0 Å². The normalized spacial score (nSPS) is 25.8. The van der Waals surface area contributed by atoms with Crippen molar-refractivity contribution in [3.63, 3.8) is 0 Å². The van der Waals surface area contributed by atoms with Gasteiger partial charge in [-0.05, 0) is 35.5 Å². The molecule has 2 heterocycles. The predicted octanol–water partition coefficient (Wildman–Crippen LogP) is 2.08. The Morgan fingerprint density at radius 1 is 1.16 bits per heavy atom. The second-order valence-corrected chi connectivity index (χ2v) is 12.9. The summed E-state index contributed by atoms with van der Waals surface area (Å²) in [5.74, 6) is -7.27. The minimum atomic E-state index is -5.45. The average molecular weight is 629 g/mol. The van der Waals surface area contributed by atoms with Gasteiger partial charge in [-0.2, -0.15) is 23.2 Å². The standard InChI is InChI=1S/C28H36F3N5O8/c1-26(2,3)17(13-36(25(42)44-7)23(40)28(29,30)31)22(39)35-12-16-18(27(16,4)5)19(35)20(37)33-15(11-32)10-14-8-9-34(21(14)38)24(41)43-6/h13-19H,8-10,12H2,1-7H3/p+1/b36-13+/t14-,15-,16-,17?,18?,19-/m0/s1. The molecule has 44 heavy (non-hydrogen) atoms. The van der Waals surface area contributed by atoms with Crippen LogP contribution in [0.25, 0.3) is 0 Å². The highest BCUT2D eigenvalue weighted by atomic mass is 19.4. The van der Waals surface area contributed by atoms with E-state index in [0.717, 1.165) is 19.1 Å². The molecule has 2 saturated heterocycles. The number of carbonyl (C=O) groups excluding carboxylic acids is 6. The molecule has 13 nitrogen and oxygen atoms in total. The minimum absolute atomic E-state index is 0.0763. The summed E-state index contributed by atoms with van der Waals surface area (Å²) in [6, 6.07) is -0.331. The molecular weight excluding hydrogens is 591 g/mol. The Balaban J connectivity index is 1.90. The van der Waals surface area contributed by atoms with Gasteiger partial charge in [-0.15, -0.1) is 0 Å². The Morgan fingerprint density at radius 2 is 1.77 bits per heavy atom. The first kappa shape index (κ1) is 34.5. The van der Waals surface area contributed by atoms with Gasteiger partial charge in [-0.1, -0.05) is 39.2 Å². The first-order chi connectivity index (χ1) is 20.2. The fourth-order valence-corrected chi connectivity index (χ4v) is 6.18. The third-order valence-corrected chi connectivity index (χ3v) is 8.79. The van der Waals surface area contributed by atoms with Crippen molar-refractivity contribution in [2.75, 3.05) is 27.3 Å². The quantitative estimate of drug-likeness (QED) is 0.342. The van der Waals surface area contributed by atoms with Crippen LogP contribution in [0, 0.1) is 45.8 Å². The van der Waals surface area contributed by atoms with E-state index in [-0.39, 0.29) is 47.8 Å². The molecule has 1 aliphatic carbocycles. The Labute approximate surface area is 252 Å². The van der Waals surface area contributed by atoms with Crippen molar-refractivity contribution >= 4 is 42.0 Å². The maximum absolute atomic E-state index is 14.0. The molecule has 16 heteroatoms. The maximum Gasteiger partial charge on any atom is 0.604 e. The third-order valence-electron chi connectivity index (χ3n) is 8.79. The highest BCUT2D eigenvalue weighted by molar-refractivity contribution is 6.00. The van der Waals surface area contributed by atoms with Gasteiger partial charge in [-0.3, -0.25) is 14.4 Å². The van der Waals surface area contributed by atoms with Crippen molar-refractivity contribution in [2.45, 2.75) is 65.7 Å². The van der Waals surface area contributed by atoms with Gasteiger partial charge >= 0.3 is 24.3 Å². The van der Waals surface area contributed by atoms with Crippen LogP contribution in [0.1, 0.15) is 47.5 Å². The second-order valence-electron chi connectivity index (χ2n) is 12.9. The van der Waals surface area contributed by atoms with Gasteiger partial charge in [0.15, 0.2) is 6.21 Å². The first-order valence-corrected chi connectivity index (χ1v) is 13.9. The zero-order valence-corrected chi connectivity index (χ0v) is 25.6. The lowest BCUT2D eigenvalue weighted by molar-refractivity contribution is -0.400. The monoisotopic (exact) mass is 628 g/mol. The highest BCUT2D eigenvalue weighted by Gasteiger charge is 2.70. The number of nitriles is 1. The second kappa shape index (κ2) is 12.2. The smallest absolute Gasteiger partial charge is 0.452 e. The van der Waals surface area contributed by atoms with Crippen LogP contribution in [-0.4, -0.2) is 102 Å². The average Bonchev–Trinajstić information content (AvgIpc) is 3.25. The largest absolute Gasteiger partial charge is 0.604 e. The van der Waals surface area contributed by atoms with Crippen LogP contribution < -0.4 is 5.32 Å². The van der Waals surface area contributed by atoms with Crippen molar-refractivity contribution < 1.29 is 56.0 Å². The molecule has 6 amide bonds. The molecule has 2 aliphatic heterocycles. The van der Waals surface area contributed by atoms with E-state index >= 15 is 0 Å². The number of nitrogens with zero attached hydrogens (tertiary/aromatic N) is 4. The zero-order valence-electron chi connectivity index (χ0n) is 25.6. The number of piperidine rings is 1. The zero-order chi connectivity index (χ0) is 33.5. The SMILES string of the molecule is COC(=O)N1CC[C@@H](C[C@@H](C#N)NC(=O)[C@@H]2C3[C@H](CN2C(=O)C(/C=[N+](/C(=O)OC)C(=O)C(F)(F)F)C(C)(C)C)C3(C)C)C1=O. The van der Waals surface area contributed by atoms with Crippen molar-refractivity contribution in [1.82, 2.24) is 15.1 Å². The molecule has 1 N–H and O–H groups in total. The summed E-state index contributed by atoms with van der Waals surface area (Å²) in [5.41, 5.74) is -1.49. The summed E-state index contributed by atoms with van der Waals surface area (Å²) >= 11 is 0. The lowest BCUT2D eigenvalue weighted by Crippen LogP contribution is -2.55. The number of hydrogen-bond acceptors (Lipinski definition) is 9. The molecule has 3 aliphatic rings. The van der Waals surface area contributed by atoms with E-state index in [0.29, 0.717) is 6.21 Å². The Hall–Kier alpha value is -4.03. The third kappa shape index (κ3) is 6.56. The Morgan fingerprint density at radius 3 is 2.27 bits per heavy atom. The number of ether oxygens (including phenoxy) is 2. The summed E-state index contributed by atoms with van der Waals surface area (Å²) in [6.07, 6.45) is -7.18. The van der Waals surface area contributed by atoms with Gasteiger partial charge in [0.25, 0.3) is 0 Å². The number of carbonyl (C=O) groups is 6. The van der Waals surface area contributed by atoms with Crippen LogP contribution in [0.15, 0.2) is 0 Å². The number of alkyl halides is 3. The lowest BCUT2D eigenvalue weighted by Gasteiger charge is -2.35. The van der Waals surface area contributed by atoms with Gasteiger partial charge in [-0.25, -0.2) is 14.5 Å². The van der Waals surface area contributed by atoms with Gasteiger partial charge in [0.05, 0.1) is 20.3 Å². The number of hydrogen-bond donors (Lipinski definition) is 1. The minimum Gasteiger partial charge on any atom is -0.452 e. The van der Waals surface area contributed by atoms with E-state index in [1.54, 1.807) is 0 Å². The molecule has 0 radical (unpaired) electrons. The number of imide groups is 2. The van der Waals surface area contributed by atoms with Crippen LogP contribution in [0.3, 0.4) is 0 Å². The molecule has 0 spiro atoms. The number of fused-ring (bicyclic) bond motifs is 1. The maximum atomic E-state index is 14.0. The summed E-state index contributed by atoms with van der Waals surface area (Å²) < 4.78 is 48.6. The van der Waals surface area contributed by atoms with Crippen molar-refractivity contribution in [3.8, 4) is 6.07 Å². The summed E-state index contributed by atoms with van der Waals surface area (Å²) in [5, 5.41) is 12.4. The van der Waals surface area contributed by atoms with Gasteiger partial charge in [0, 0.05) is 19.0 Å². The fourth-order valence-electron chi connectivity index (χ4n) is 6.18. The lowest BCUT2D eigenvalue weighted by atomic mass is 9.80. The molecule has 3 fully saturated rings. The molecule has 1 saturated carbocycles. The van der Waals surface area contributed by atoms with Crippen molar-refractivity contribution in [2.24, 2.45) is 34.5 Å². The Kier molecular flexibility index (Phi) is 9.52. The van der Waals surface area contributed by atoms with E-state index < -0.39 is 71.3 Å². The number of methoxy groups -OCH3 is 2. The summed E-state index contributed by atoms with van der Waals surface area (Å²) in [7, 11) is 1.92. The van der Waals surface area contributed by atoms with Crippen LogP contribution in [-0.2, 0) is 28.7 Å². The van der Waals surface area contributed by atoms with Crippen LogP contribution in [0.5, 0.6) is 0 Å². The van der Waals surface area contributed by atoms with Crippen LogP contribution in [0.4, 0.5) is 22.8 Å². The molecule has 3 rings (SSSR count). The first-order valence-electron chi connectivity index (χ1n) is 13.9. The number of likely N-dealkylation sites (tertiary alicyclic amines) is 2. The van der Waals surface area contributed by atoms with E-state index in [1.165, 1.54) is 25.7 Å². The van der Waals surface area contributed by atoms with E-state index in [1.807, 2.05) is 19.9 Å². The molecule has 0 aromatic carbocycles. The molecule has 0 aromatic rings. The van der Waals surface area contributed by atoms with Crippen LogP contribution >= 0.6 is 0 Å². The molecule has 0 aromatic heterocycles. The molecule has 6 atom stereocenters. The van der Waals surface area contributed by atoms with E-state index in [9.17, 15) is 47.2 Å². The topological polar surface area (TPSA) is 166 Å². The molecule has 242 valence electrons. The molecule has 2 unspecified atom stereocenters. The van der Waals surface area contributed by atoms with Crippen molar-refractivity contribution in [1.29, 1.82) is 5.26 Å². The highest BCUT2D eigenvalue weighted by Crippen LogP contribution is 2.65. The van der Waals surface area contributed by atoms with Crippen LogP contribution in [0.2, 0.25) is 0 Å². The predicted molar refractivity (Wildman–Crippen MR) is 143 cm³/mol.